The summed E-state index contributed by atoms with van der Waals surface area (Å²) in [6.07, 6.45) is 3.74. The Morgan fingerprint density at radius 1 is 0.833 bits per heavy atom. The quantitative estimate of drug-likeness (QED) is 0.529. The van der Waals surface area contributed by atoms with E-state index in [1.165, 1.54) is 0 Å². The van der Waals surface area contributed by atoms with Crippen LogP contribution >= 0.6 is 0 Å². The predicted octanol–water partition coefficient (Wildman–Crippen LogP) is 3.42. The number of imide groups is 1. The second-order valence-corrected chi connectivity index (χ2v) is 7.70. The lowest BCUT2D eigenvalue weighted by molar-refractivity contribution is -0.122. The van der Waals surface area contributed by atoms with Crippen LogP contribution in [0, 0.1) is 18.3 Å². The molecule has 2 aromatic carbocycles. The first kappa shape index (κ1) is 18.0. The monoisotopic (exact) mass is 394 g/mol. The Labute approximate surface area is 172 Å². The van der Waals surface area contributed by atoms with Gasteiger partial charge in [0.05, 0.1) is 22.8 Å². The average molecular weight is 394 g/mol. The van der Waals surface area contributed by atoms with Gasteiger partial charge in [-0.2, -0.15) is 5.26 Å². The topological polar surface area (TPSA) is 79.8 Å². The van der Waals surface area contributed by atoms with Crippen LogP contribution in [0.2, 0.25) is 0 Å². The Balaban J connectivity index is 1.85. The number of benzene rings is 2. The van der Waals surface area contributed by atoms with Gasteiger partial charge in [-0.05, 0) is 30.7 Å². The van der Waals surface area contributed by atoms with Crippen LogP contribution in [0.5, 0.6) is 0 Å². The highest BCUT2D eigenvalue weighted by Crippen LogP contribution is 2.38. The Morgan fingerprint density at radius 3 is 1.93 bits per heavy atom. The minimum atomic E-state index is -0.407. The van der Waals surface area contributed by atoms with Crippen molar-refractivity contribution in [3.05, 3.63) is 71.0 Å². The van der Waals surface area contributed by atoms with Crippen molar-refractivity contribution in [3.8, 4) is 6.07 Å². The van der Waals surface area contributed by atoms with Crippen LogP contribution in [0.4, 0.5) is 0 Å². The Kier molecular flexibility index (Phi) is 3.71. The summed E-state index contributed by atoms with van der Waals surface area (Å²) in [6.45, 7) is 2.02. The number of carbonyl (C=O) groups excluding carboxylic acids is 2. The van der Waals surface area contributed by atoms with Crippen LogP contribution in [-0.4, -0.2) is 20.9 Å². The van der Waals surface area contributed by atoms with Gasteiger partial charge in [0.15, 0.2) is 0 Å². The largest absolute Gasteiger partial charge is 0.350 e. The molecular formula is C24H18N4O2. The van der Waals surface area contributed by atoms with Crippen LogP contribution in [0.25, 0.3) is 33.0 Å². The molecule has 0 radical (unpaired) electrons. The number of amides is 2. The minimum absolute atomic E-state index is 0.364. The lowest BCUT2D eigenvalue weighted by Crippen LogP contribution is -2.22. The summed E-state index contributed by atoms with van der Waals surface area (Å²) in [7, 11) is 3.80. The van der Waals surface area contributed by atoms with E-state index in [9.17, 15) is 14.9 Å². The van der Waals surface area contributed by atoms with Gasteiger partial charge >= 0.3 is 0 Å². The number of nitriles is 1. The van der Waals surface area contributed by atoms with E-state index in [1.807, 2.05) is 60.7 Å². The molecular weight excluding hydrogens is 376 g/mol. The molecule has 3 heterocycles. The van der Waals surface area contributed by atoms with E-state index in [4.69, 9.17) is 0 Å². The zero-order valence-corrected chi connectivity index (χ0v) is 16.8. The second kappa shape index (κ2) is 6.19. The zero-order valence-electron chi connectivity index (χ0n) is 16.8. The molecule has 30 heavy (non-hydrogen) atoms. The highest BCUT2D eigenvalue weighted by molar-refractivity contribution is 6.50. The summed E-state index contributed by atoms with van der Waals surface area (Å²) in [5.41, 5.74) is 5.66. The number of nitrogens with zero attached hydrogens (tertiary/aromatic N) is 3. The van der Waals surface area contributed by atoms with Crippen molar-refractivity contribution >= 4 is 44.8 Å². The third-order valence-corrected chi connectivity index (χ3v) is 5.74. The molecule has 0 saturated carbocycles. The molecule has 1 aliphatic rings. The Morgan fingerprint density at radius 2 is 1.37 bits per heavy atom. The van der Waals surface area contributed by atoms with Crippen LogP contribution in [0.3, 0.4) is 0 Å². The first-order valence-electron chi connectivity index (χ1n) is 9.54. The van der Waals surface area contributed by atoms with E-state index < -0.39 is 11.8 Å². The number of hydrogen-bond acceptors (Lipinski definition) is 3. The maximum atomic E-state index is 12.9. The van der Waals surface area contributed by atoms with Crippen LogP contribution in [0.1, 0.15) is 22.3 Å². The van der Waals surface area contributed by atoms with Crippen molar-refractivity contribution in [1.29, 1.82) is 5.26 Å². The van der Waals surface area contributed by atoms with E-state index in [0.29, 0.717) is 22.3 Å². The van der Waals surface area contributed by atoms with Gasteiger partial charge in [0.2, 0.25) is 0 Å². The summed E-state index contributed by atoms with van der Waals surface area (Å²) in [5.74, 6) is -0.801. The Bertz CT molecular complexity index is 1490. The van der Waals surface area contributed by atoms with E-state index in [2.05, 4.69) is 17.5 Å². The van der Waals surface area contributed by atoms with Crippen molar-refractivity contribution in [2.45, 2.75) is 6.92 Å². The maximum absolute atomic E-state index is 12.9. The molecule has 0 bridgehead atoms. The second-order valence-electron chi connectivity index (χ2n) is 7.70. The zero-order chi connectivity index (χ0) is 21.2. The third kappa shape index (κ3) is 2.42. The van der Waals surface area contributed by atoms with Crippen molar-refractivity contribution in [1.82, 2.24) is 14.5 Å². The van der Waals surface area contributed by atoms with Crippen molar-refractivity contribution in [3.63, 3.8) is 0 Å². The standard InChI is InChI=1S/C24H18N4O2/c1-13-4-6-15-17(11-27(2)19(15)8-13)21-22(24(30)26-23(21)29)18-12-28(3)20-9-14(10-25)5-7-16(18)20/h4-9,11-12H,1-3H3,(H,26,29,30). The molecule has 0 unspecified atom stereocenters. The summed E-state index contributed by atoms with van der Waals surface area (Å²) in [6, 6.07) is 13.5. The summed E-state index contributed by atoms with van der Waals surface area (Å²) < 4.78 is 3.85. The maximum Gasteiger partial charge on any atom is 0.259 e. The van der Waals surface area contributed by atoms with Crippen LogP contribution < -0.4 is 5.32 Å². The minimum Gasteiger partial charge on any atom is -0.350 e. The molecule has 2 amide bonds. The van der Waals surface area contributed by atoms with Crippen molar-refractivity contribution in [2.24, 2.45) is 14.1 Å². The van der Waals surface area contributed by atoms with Gasteiger partial charge in [0.1, 0.15) is 0 Å². The lowest BCUT2D eigenvalue weighted by Gasteiger charge is -2.03. The van der Waals surface area contributed by atoms with E-state index in [1.54, 1.807) is 12.1 Å². The van der Waals surface area contributed by atoms with Crippen LogP contribution in [0.15, 0.2) is 48.8 Å². The SMILES string of the molecule is Cc1ccc2c(C3=C(c4cn(C)c5cc(C#N)ccc45)C(=O)NC3=O)cn(C)c2c1. The predicted molar refractivity (Wildman–Crippen MR) is 115 cm³/mol. The smallest absolute Gasteiger partial charge is 0.259 e. The highest BCUT2D eigenvalue weighted by atomic mass is 16.2. The van der Waals surface area contributed by atoms with Gasteiger partial charge in [-0.1, -0.05) is 18.2 Å². The molecule has 6 nitrogen and oxygen atoms in total. The fourth-order valence-electron chi connectivity index (χ4n) is 4.32. The number of aryl methyl sites for hydroxylation is 3. The fourth-order valence-corrected chi connectivity index (χ4v) is 4.32. The molecule has 146 valence electrons. The van der Waals surface area contributed by atoms with Crippen molar-refractivity contribution in [2.75, 3.05) is 0 Å². The number of carbonyl (C=O) groups is 2. The first-order chi connectivity index (χ1) is 14.4. The summed E-state index contributed by atoms with van der Waals surface area (Å²) >= 11 is 0. The number of fused-ring (bicyclic) bond motifs is 2. The molecule has 0 atom stereocenters. The first-order valence-corrected chi connectivity index (χ1v) is 9.54. The fraction of sp³-hybridized carbons (Fsp3) is 0.125. The molecule has 5 rings (SSSR count). The molecule has 0 saturated heterocycles. The highest BCUT2D eigenvalue weighted by Gasteiger charge is 2.35. The molecule has 2 aromatic heterocycles. The molecule has 4 aromatic rings. The van der Waals surface area contributed by atoms with Gasteiger partial charge in [-0.15, -0.1) is 0 Å². The Hall–Kier alpha value is -4.11. The lowest BCUT2D eigenvalue weighted by atomic mass is 9.95. The molecule has 6 heteroatoms. The van der Waals surface area contributed by atoms with E-state index >= 15 is 0 Å². The van der Waals surface area contributed by atoms with E-state index in [-0.39, 0.29) is 0 Å². The number of rotatable bonds is 2. The number of hydrogen-bond donors (Lipinski definition) is 1. The van der Waals surface area contributed by atoms with Crippen molar-refractivity contribution < 1.29 is 9.59 Å². The summed E-state index contributed by atoms with van der Waals surface area (Å²) in [4.78, 5) is 25.8. The van der Waals surface area contributed by atoms with E-state index in [0.717, 1.165) is 32.9 Å². The van der Waals surface area contributed by atoms with Gasteiger partial charge < -0.3 is 9.13 Å². The van der Waals surface area contributed by atoms with Gasteiger partial charge in [-0.3, -0.25) is 14.9 Å². The third-order valence-electron chi connectivity index (χ3n) is 5.74. The molecule has 1 N–H and O–H groups in total. The van der Waals surface area contributed by atoms with Gasteiger partial charge in [0, 0.05) is 59.4 Å². The van der Waals surface area contributed by atoms with Gasteiger partial charge in [0.25, 0.3) is 11.8 Å². The molecule has 0 fully saturated rings. The average Bonchev–Trinajstić information content (AvgIpc) is 3.32. The normalized spacial score (nSPS) is 14.1. The van der Waals surface area contributed by atoms with Gasteiger partial charge in [-0.25, -0.2) is 0 Å². The summed E-state index contributed by atoms with van der Waals surface area (Å²) in [5, 5.41) is 13.4. The molecule has 0 aliphatic carbocycles. The number of nitrogens with one attached hydrogen (secondary N) is 1. The molecule has 0 spiro atoms. The van der Waals surface area contributed by atoms with Crippen LogP contribution in [-0.2, 0) is 23.7 Å². The molecule has 1 aliphatic heterocycles. The number of aromatic nitrogens is 2.